The molecule has 0 fully saturated rings. The summed E-state index contributed by atoms with van der Waals surface area (Å²) in [5.41, 5.74) is 1.67. The quantitative estimate of drug-likeness (QED) is 0.758. The van der Waals surface area contributed by atoms with Crippen LogP contribution in [0, 0.1) is 0 Å². The highest BCUT2D eigenvalue weighted by Crippen LogP contribution is 2.14. The van der Waals surface area contributed by atoms with E-state index in [1.807, 2.05) is 0 Å². The Morgan fingerprint density at radius 2 is 1.67 bits per heavy atom. The summed E-state index contributed by atoms with van der Waals surface area (Å²) < 4.78 is 15.5. The third-order valence-electron chi connectivity index (χ3n) is 3.21. The minimum atomic E-state index is -0.433. The summed E-state index contributed by atoms with van der Waals surface area (Å²) in [7, 11) is 1.54. The van der Waals surface area contributed by atoms with E-state index in [2.05, 4.69) is 0 Å². The molecule has 24 heavy (non-hydrogen) atoms. The first kappa shape index (κ1) is 17.5. The number of rotatable bonds is 6. The molecule has 0 saturated heterocycles. The van der Waals surface area contributed by atoms with Crippen LogP contribution in [0.4, 0.5) is 0 Å². The summed E-state index contributed by atoms with van der Waals surface area (Å²) in [4.78, 5) is 23.8. The van der Waals surface area contributed by atoms with Gasteiger partial charge in [-0.2, -0.15) is 0 Å². The lowest BCUT2D eigenvalue weighted by Gasteiger charge is -2.09. The number of esters is 2. The molecule has 0 N–H and O–H groups in total. The molecule has 0 radical (unpaired) electrons. The number of benzene rings is 2. The molecule has 0 saturated carbocycles. The number of carbonyl (C=O) groups excluding carboxylic acids is 2. The molecule has 0 aliphatic carbocycles. The molecular formula is C19H20O5. The largest absolute Gasteiger partial charge is 0.497 e. The van der Waals surface area contributed by atoms with Crippen molar-refractivity contribution in [3.8, 4) is 5.75 Å². The van der Waals surface area contributed by atoms with Crippen LogP contribution in [0.5, 0.6) is 5.75 Å². The number of hydrogen-bond acceptors (Lipinski definition) is 5. The summed E-state index contributed by atoms with van der Waals surface area (Å²) in [6.45, 7) is 3.71. The summed E-state index contributed by atoms with van der Waals surface area (Å²) in [6, 6.07) is 13.5. The van der Waals surface area contributed by atoms with E-state index < -0.39 is 5.97 Å². The average Bonchev–Trinajstić information content (AvgIpc) is 2.59. The number of hydrogen-bond donors (Lipinski definition) is 0. The lowest BCUT2D eigenvalue weighted by atomic mass is 10.1. The van der Waals surface area contributed by atoms with Gasteiger partial charge in [0, 0.05) is 0 Å². The molecule has 0 amide bonds. The predicted molar refractivity (Wildman–Crippen MR) is 89.1 cm³/mol. The van der Waals surface area contributed by atoms with Gasteiger partial charge in [0.25, 0.3) is 0 Å². The van der Waals surface area contributed by atoms with E-state index in [1.165, 1.54) is 7.11 Å². The smallest absolute Gasteiger partial charge is 0.338 e. The van der Waals surface area contributed by atoms with Crippen LogP contribution >= 0.6 is 0 Å². The number of methoxy groups -OCH3 is 1. The van der Waals surface area contributed by atoms with Crippen molar-refractivity contribution >= 4 is 11.9 Å². The van der Waals surface area contributed by atoms with E-state index >= 15 is 0 Å². The maximum absolute atomic E-state index is 12.0. The third-order valence-corrected chi connectivity index (χ3v) is 3.21. The first-order valence-corrected chi connectivity index (χ1v) is 7.60. The maximum atomic E-state index is 12.0. The lowest BCUT2D eigenvalue weighted by Crippen LogP contribution is -2.11. The summed E-state index contributed by atoms with van der Waals surface area (Å²) >= 11 is 0. The third kappa shape index (κ3) is 4.84. The Kier molecular flexibility index (Phi) is 5.95. The molecule has 0 heterocycles. The Bertz CT molecular complexity index is 704. The molecule has 0 aliphatic rings. The average molecular weight is 328 g/mol. The Morgan fingerprint density at radius 3 is 2.29 bits per heavy atom. The molecule has 0 atom stereocenters. The fraction of sp³-hybridized carbons (Fsp3) is 0.263. The van der Waals surface area contributed by atoms with Gasteiger partial charge in [0.15, 0.2) is 0 Å². The van der Waals surface area contributed by atoms with Gasteiger partial charge in [-0.1, -0.05) is 18.2 Å². The van der Waals surface area contributed by atoms with Crippen LogP contribution < -0.4 is 4.74 Å². The molecule has 0 bridgehead atoms. The normalized spacial score (nSPS) is 10.3. The molecule has 0 unspecified atom stereocenters. The van der Waals surface area contributed by atoms with E-state index in [4.69, 9.17) is 14.2 Å². The van der Waals surface area contributed by atoms with Crippen molar-refractivity contribution in [3.63, 3.8) is 0 Å². The van der Waals surface area contributed by atoms with Gasteiger partial charge in [-0.3, -0.25) is 0 Å². The zero-order valence-corrected chi connectivity index (χ0v) is 13.9. The van der Waals surface area contributed by atoms with E-state index in [0.29, 0.717) is 16.9 Å². The fourth-order valence-corrected chi connectivity index (χ4v) is 2.00. The highest BCUT2D eigenvalue weighted by atomic mass is 16.5. The van der Waals surface area contributed by atoms with Crippen molar-refractivity contribution in [1.29, 1.82) is 0 Å². The Morgan fingerprint density at radius 1 is 0.958 bits per heavy atom. The van der Waals surface area contributed by atoms with Crippen molar-refractivity contribution in [1.82, 2.24) is 0 Å². The molecule has 0 aliphatic heterocycles. The molecule has 2 aromatic rings. The topological polar surface area (TPSA) is 61.8 Å². The first-order chi connectivity index (χ1) is 11.5. The first-order valence-electron chi connectivity index (χ1n) is 7.60. The second-order valence-corrected chi connectivity index (χ2v) is 5.46. The van der Waals surface area contributed by atoms with Crippen LogP contribution in [0.3, 0.4) is 0 Å². The predicted octanol–water partition coefficient (Wildman–Crippen LogP) is 3.62. The van der Waals surface area contributed by atoms with Gasteiger partial charge in [0.2, 0.25) is 0 Å². The molecule has 2 rings (SSSR count). The van der Waals surface area contributed by atoms with Gasteiger partial charge in [0.05, 0.1) is 24.3 Å². The summed E-state index contributed by atoms with van der Waals surface area (Å²) in [5, 5.41) is 0. The zero-order valence-electron chi connectivity index (χ0n) is 13.9. The van der Waals surface area contributed by atoms with E-state index in [1.54, 1.807) is 62.4 Å². The Hall–Kier alpha value is -2.82. The van der Waals surface area contributed by atoms with Gasteiger partial charge in [-0.25, -0.2) is 9.59 Å². The minimum absolute atomic E-state index is 0.121. The SMILES string of the molecule is COc1cccc(C(=O)OCc2ccc(C(=O)OC(C)C)cc2)c1. The van der Waals surface area contributed by atoms with Crippen molar-refractivity contribution < 1.29 is 23.8 Å². The Balaban J connectivity index is 1.94. The van der Waals surface area contributed by atoms with Crippen molar-refractivity contribution in [2.75, 3.05) is 7.11 Å². The molecule has 5 nitrogen and oxygen atoms in total. The molecule has 0 aromatic heterocycles. The minimum Gasteiger partial charge on any atom is -0.497 e. The van der Waals surface area contributed by atoms with Gasteiger partial charge < -0.3 is 14.2 Å². The van der Waals surface area contributed by atoms with E-state index in [-0.39, 0.29) is 18.7 Å². The maximum Gasteiger partial charge on any atom is 0.338 e. The molecular weight excluding hydrogens is 308 g/mol. The zero-order chi connectivity index (χ0) is 17.5. The van der Waals surface area contributed by atoms with Crippen LogP contribution in [0.15, 0.2) is 48.5 Å². The van der Waals surface area contributed by atoms with E-state index in [0.717, 1.165) is 5.56 Å². The van der Waals surface area contributed by atoms with E-state index in [9.17, 15) is 9.59 Å². The summed E-state index contributed by atoms with van der Waals surface area (Å²) in [6.07, 6.45) is -0.166. The van der Waals surface area contributed by atoms with Crippen LogP contribution in [-0.2, 0) is 16.1 Å². The van der Waals surface area contributed by atoms with Gasteiger partial charge in [-0.15, -0.1) is 0 Å². The molecule has 5 heteroatoms. The second-order valence-electron chi connectivity index (χ2n) is 5.46. The Labute approximate surface area is 141 Å². The highest BCUT2D eigenvalue weighted by molar-refractivity contribution is 5.90. The standard InChI is InChI=1S/C19H20O5/c1-13(2)24-19(21)15-9-7-14(8-10-15)12-23-18(20)16-5-4-6-17(11-16)22-3/h4-11,13H,12H2,1-3H3. The van der Waals surface area contributed by atoms with Gasteiger partial charge in [0.1, 0.15) is 12.4 Å². The van der Waals surface area contributed by atoms with Crippen molar-refractivity contribution in [3.05, 3.63) is 65.2 Å². The van der Waals surface area contributed by atoms with Crippen molar-refractivity contribution in [2.24, 2.45) is 0 Å². The van der Waals surface area contributed by atoms with Gasteiger partial charge >= 0.3 is 11.9 Å². The van der Waals surface area contributed by atoms with Crippen LogP contribution in [-0.4, -0.2) is 25.2 Å². The van der Waals surface area contributed by atoms with Crippen molar-refractivity contribution in [2.45, 2.75) is 26.6 Å². The number of ether oxygens (including phenoxy) is 3. The number of carbonyl (C=O) groups is 2. The van der Waals surface area contributed by atoms with Crippen LogP contribution in [0.2, 0.25) is 0 Å². The highest BCUT2D eigenvalue weighted by Gasteiger charge is 2.11. The van der Waals surface area contributed by atoms with Crippen LogP contribution in [0.1, 0.15) is 40.1 Å². The molecule has 126 valence electrons. The van der Waals surface area contributed by atoms with Crippen LogP contribution in [0.25, 0.3) is 0 Å². The molecule has 0 spiro atoms. The summed E-state index contributed by atoms with van der Waals surface area (Å²) in [5.74, 6) is -0.209. The van der Waals surface area contributed by atoms with Gasteiger partial charge in [-0.05, 0) is 49.7 Å². The molecule has 2 aromatic carbocycles. The fourth-order valence-electron chi connectivity index (χ4n) is 2.00. The lowest BCUT2D eigenvalue weighted by molar-refractivity contribution is 0.0376. The second kappa shape index (κ2) is 8.15. The monoisotopic (exact) mass is 328 g/mol.